The van der Waals surface area contributed by atoms with E-state index in [0.29, 0.717) is 26.1 Å². The number of carbonyl (C=O) groups excluding carboxylic acids is 1. The Balaban J connectivity index is 1.93. The van der Waals surface area contributed by atoms with E-state index in [2.05, 4.69) is 0 Å². The smallest absolute Gasteiger partial charge is 0.410 e. The first-order valence-electron chi connectivity index (χ1n) is 5.59. The van der Waals surface area contributed by atoms with E-state index in [1.54, 1.807) is 17.0 Å². The average Bonchev–Trinajstić information content (AvgIpc) is 2.63. The van der Waals surface area contributed by atoms with Gasteiger partial charge in [0.1, 0.15) is 11.9 Å². The van der Waals surface area contributed by atoms with Crippen LogP contribution in [0, 0.1) is 5.82 Å². The van der Waals surface area contributed by atoms with Crippen LogP contribution in [-0.2, 0) is 11.2 Å². The van der Waals surface area contributed by atoms with Crippen molar-refractivity contribution in [3.05, 3.63) is 35.6 Å². The molecule has 0 spiro atoms. The van der Waals surface area contributed by atoms with Gasteiger partial charge < -0.3 is 15.4 Å². The number of carbonyl (C=O) groups is 1. The Morgan fingerprint density at radius 2 is 2.12 bits per heavy atom. The maximum absolute atomic E-state index is 12.7. The van der Waals surface area contributed by atoms with Crippen LogP contribution in [0.4, 0.5) is 9.18 Å². The van der Waals surface area contributed by atoms with Crippen molar-refractivity contribution < 1.29 is 13.9 Å². The highest BCUT2D eigenvalue weighted by Gasteiger charge is 2.30. The minimum atomic E-state index is -0.317. The van der Waals surface area contributed by atoms with Crippen molar-refractivity contribution in [2.45, 2.75) is 12.5 Å². The summed E-state index contributed by atoms with van der Waals surface area (Å²) in [6, 6.07) is 6.22. The molecule has 2 N–H and O–H groups in total. The van der Waals surface area contributed by atoms with Crippen molar-refractivity contribution in [1.29, 1.82) is 0 Å². The summed E-state index contributed by atoms with van der Waals surface area (Å²) in [5, 5.41) is 0. The van der Waals surface area contributed by atoms with Crippen LogP contribution in [0.2, 0.25) is 0 Å². The van der Waals surface area contributed by atoms with Gasteiger partial charge in [-0.1, -0.05) is 12.1 Å². The molecule has 1 aromatic rings. The number of nitrogens with zero attached hydrogens (tertiary/aromatic N) is 1. The predicted octanol–water partition coefficient (Wildman–Crippen LogP) is 1.15. The third-order valence-corrected chi connectivity index (χ3v) is 2.73. The summed E-state index contributed by atoms with van der Waals surface area (Å²) in [7, 11) is 0. The van der Waals surface area contributed by atoms with E-state index < -0.39 is 0 Å². The largest absolute Gasteiger partial charge is 0.444 e. The van der Waals surface area contributed by atoms with Gasteiger partial charge in [0.05, 0.1) is 6.54 Å². The molecule has 17 heavy (non-hydrogen) atoms. The predicted molar refractivity (Wildman–Crippen MR) is 61.0 cm³/mol. The van der Waals surface area contributed by atoms with Gasteiger partial charge in [-0.15, -0.1) is 0 Å². The zero-order valence-corrected chi connectivity index (χ0v) is 9.43. The van der Waals surface area contributed by atoms with E-state index in [-0.39, 0.29) is 18.0 Å². The molecule has 5 heteroatoms. The molecule has 1 amide bonds. The number of hydrogen-bond donors (Lipinski definition) is 1. The van der Waals surface area contributed by atoms with Crippen molar-refractivity contribution in [3.63, 3.8) is 0 Å². The third-order valence-electron chi connectivity index (χ3n) is 2.73. The van der Waals surface area contributed by atoms with Gasteiger partial charge in [-0.25, -0.2) is 9.18 Å². The summed E-state index contributed by atoms with van der Waals surface area (Å²) in [6.07, 6.45) is 0.120. The molecular formula is C12H15FN2O2. The molecule has 1 aliphatic heterocycles. The molecule has 1 fully saturated rings. The summed E-state index contributed by atoms with van der Waals surface area (Å²) in [6.45, 7) is 1.49. The number of amides is 1. The number of halogens is 1. The van der Waals surface area contributed by atoms with Crippen molar-refractivity contribution in [1.82, 2.24) is 4.90 Å². The quantitative estimate of drug-likeness (QED) is 0.856. The van der Waals surface area contributed by atoms with Gasteiger partial charge in [0.25, 0.3) is 0 Å². The second-order valence-electron chi connectivity index (χ2n) is 4.07. The molecule has 0 bridgehead atoms. The fraction of sp³-hybridized carbons (Fsp3) is 0.417. The third kappa shape index (κ3) is 2.94. The molecule has 1 aromatic carbocycles. The molecule has 1 saturated heterocycles. The lowest BCUT2D eigenvalue weighted by Crippen LogP contribution is -2.30. The Hall–Kier alpha value is -1.62. The maximum atomic E-state index is 12.7. The highest BCUT2D eigenvalue weighted by atomic mass is 19.1. The van der Waals surface area contributed by atoms with Gasteiger partial charge in [0.2, 0.25) is 0 Å². The van der Waals surface area contributed by atoms with E-state index in [9.17, 15) is 9.18 Å². The molecular weight excluding hydrogens is 223 g/mol. The number of hydrogen-bond acceptors (Lipinski definition) is 3. The molecule has 0 saturated carbocycles. The summed E-state index contributed by atoms with van der Waals surface area (Å²) in [4.78, 5) is 13.0. The Morgan fingerprint density at radius 1 is 1.41 bits per heavy atom. The number of benzene rings is 1. The number of nitrogens with two attached hydrogens (primary N) is 1. The Labute approximate surface area is 99.2 Å². The topological polar surface area (TPSA) is 55.6 Å². The molecule has 1 unspecified atom stereocenters. The molecule has 1 heterocycles. The Kier molecular flexibility index (Phi) is 3.58. The van der Waals surface area contributed by atoms with Gasteiger partial charge >= 0.3 is 6.09 Å². The van der Waals surface area contributed by atoms with Gasteiger partial charge in [-0.05, 0) is 17.7 Å². The van der Waals surface area contributed by atoms with Crippen molar-refractivity contribution in [2.75, 3.05) is 19.6 Å². The number of cyclic esters (lactones) is 1. The molecule has 2 rings (SSSR count). The highest BCUT2D eigenvalue weighted by Crippen LogP contribution is 2.15. The van der Waals surface area contributed by atoms with Crippen molar-refractivity contribution in [3.8, 4) is 0 Å². The van der Waals surface area contributed by atoms with Gasteiger partial charge in [-0.2, -0.15) is 0 Å². The van der Waals surface area contributed by atoms with E-state index in [1.807, 2.05) is 0 Å². The van der Waals surface area contributed by atoms with Crippen LogP contribution in [-0.4, -0.2) is 36.7 Å². The van der Waals surface area contributed by atoms with E-state index in [0.717, 1.165) is 5.56 Å². The lowest BCUT2D eigenvalue weighted by atomic mass is 10.1. The standard InChI is InChI=1S/C12H15FN2O2/c13-10-3-1-9(2-4-10)7-11-8-15(6-5-14)12(16)17-11/h1-4,11H,5-8,14H2. The second kappa shape index (κ2) is 5.14. The van der Waals surface area contributed by atoms with Gasteiger partial charge in [0.15, 0.2) is 0 Å². The van der Waals surface area contributed by atoms with Gasteiger partial charge in [-0.3, -0.25) is 0 Å². The molecule has 0 aromatic heterocycles. The summed E-state index contributed by atoms with van der Waals surface area (Å²) < 4.78 is 17.9. The monoisotopic (exact) mass is 238 g/mol. The summed E-state index contributed by atoms with van der Waals surface area (Å²) in [5.74, 6) is -0.262. The SMILES string of the molecule is NCCN1CC(Cc2ccc(F)cc2)OC1=O. The van der Waals surface area contributed by atoms with Crippen molar-refractivity contribution in [2.24, 2.45) is 5.73 Å². The molecule has 1 aliphatic rings. The lowest BCUT2D eigenvalue weighted by Gasteiger charge is -2.10. The normalized spacial score (nSPS) is 19.5. The highest BCUT2D eigenvalue weighted by molar-refractivity contribution is 5.69. The van der Waals surface area contributed by atoms with Crippen molar-refractivity contribution >= 4 is 6.09 Å². The van der Waals surface area contributed by atoms with Crippen LogP contribution in [0.1, 0.15) is 5.56 Å². The van der Waals surface area contributed by atoms with Crippen LogP contribution in [0.15, 0.2) is 24.3 Å². The minimum Gasteiger partial charge on any atom is -0.444 e. The average molecular weight is 238 g/mol. The molecule has 4 nitrogen and oxygen atoms in total. The zero-order chi connectivity index (χ0) is 12.3. The fourth-order valence-corrected chi connectivity index (χ4v) is 1.90. The zero-order valence-electron chi connectivity index (χ0n) is 9.43. The molecule has 1 atom stereocenters. The van der Waals surface area contributed by atoms with Crippen LogP contribution in [0.3, 0.4) is 0 Å². The molecule has 0 radical (unpaired) electrons. The first kappa shape index (κ1) is 11.9. The number of rotatable bonds is 4. The van der Waals surface area contributed by atoms with Crippen LogP contribution in [0.25, 0.3) is 0 Å². The van der Waals surface area contributed by atoms with E-state index >= 15 is 0 Å². The van der Waals surface area contributed by atoms with E-state index in [4.69, 9.17) is 10.5 Å². The maximum Gasteiger partial charge on any atom is 0.410 e. The lowest BCUT2D eigenvalue weighted by molar-refractivity contribution is 0.132. The summed E-state index contributed by atoms with van der Waals surface area (Å²) in [5.41, 5.74) is 6.35. The Bertz CT molecular complexity index is 394. The van der Waals surface area contributed by atoms with Crippen LogP contribution < -0.4 is 5.73 Å². The summed E-state index contributed by atoms with van der Waals surface area (Å²) >= 11 is 0. The molecule has 0 aliphatic carbocycles. The number of ether oxygens (including phenoxy) is 1. The minimum absolute atomic E-state index is 0.167. The van der Waals surface area contributed by atoms with E-state index in [1.165, 1.54) is 12.1 Å². The first-order valence-corrected chi connectivity index (χ1v) is 5.59. The molecule has 92 valence electrons. The van der Waals surface area contributed by atoms with Gasteiger partial charge in [0, 0.05) is 19.5 Å². The second-order valence-corrected chi connectivity index (χ2v) is 4.07. The van der Waals surface area contributed by atoms with Crippen LogP contribution >= 0.6 is 0 Å². The first-order chi connectivity index (χ1) is 8.19. The fourth-order valence-electron chi connectivity index (χ4n) is 1.90. The van der Waals surface area contributed by atoms with Crippen LogP contribution in [0.5, 0.6) is 0 Å². The Morgan fingerprint density at radius 3 is 2.76 bits per heavy atom.